The maximum Gasteiger partial charge on any atom is 0.317 e. The lowest BCUT2D eigenvalue weighted by molar-refractivity contribution is 0.0841. The van der Waals surface area contributed by atoms with E-state index in [1.165, 1.54) is 32.7 Å². The van der Waals surface area contributed by atoms with Crippen LogP contribution in [0.15, 0.2) is 0 Å². The first kappa shape index (κ1) is 18.5. The number of piperazine rings is 1. The molecule has 6 nitrogen and oxygen atoms in total. The molecule has 23 heavy (non-hydrogen) atoms. The van der Waals surface area contributed by atoms with Crippen molar-refractivity contribution < 1.29 is 9.53 Å². The zero-order valence-corrected chi connectivity index (χ0v) is 15.3. The smallest absolute Gasteiger partial charge is 0.317 e. The third-order valence-electron chi connectivity index (χ3n) is 5.44. The van der Waals surface area contributed by atoms with E-state index in [0.717, 1.165) is 31.8 Å². The fourth-order valence-corrected chi connectivity index (χ4v) is 3.32. The Morgan fingerprint density at radius 3 is 2.30 bits per heavy atom. The number of carbonyl (C=O) groups is 1. The van der Waals surface area contributed by atoms with Gasteiger partial charge in [0.25, 0.3) is 0 Å². The lowest BCUT2D eigenvalue weighted by Crippen LogP contribution is -2.51. The van der Waals surface area contributed by atoms with Crippen LogP contribution in [0.3, 0.4) is 0 Å². The van der Waals surface area contributed by atoms with Crippen molar-refractivity contribution in [3.63, 3.8) is 0 Å². The molecule has 2 aliphatic heterocycles. The Bertz CT molecular complexity index is 364. The van der Waals surface area contributed by atoms with E-state index >= 15 is 0 Å². The molecule has 2 heterocycles. The molecule has 1 N–H and O–H groups in total. The van der Waals surface area contributed by atoms with Crippen LogP contribution in [0.5, 0.6) is 0 Å². The van der Waals surface area contributed by atoms with Crippen LogP contribution in [-0.4, -0.2) is 92.8 Å². The highest BCUT2D eigenvalue weighted by atomic mass is 16.5. The van der Waals surface area contributed by atoms with Gasteiger partial charge in [-0.3, -0.25) is 0 Å². The average molecular weight is 326 g/mol. The number of likely N-dealkylation sites (N-methyl/N-ethyl adjacent to an activating group) is 1. The molecule has 0 aromatic rings. The van der Waals surface area contributed by atoms with Crippen LogP contribution in [0.2, 0.25) is 0 Å². The molecule has 0 aromatic heterocycles. The number of piperidine rings is 1. The number of carbonyl (C=O) groups excluding carboxylic acids is 1. The zero-order valence-electron chi connectivity index (χ0n) is 15.3. The van der Waals surface area contributed by atoms with Gasteiger partial charge >= 0.3 is 6.03 Å². The molecular formula is C17H34N4O2. The van der Waals surface area contributed by atoms with Crippen LogP contribution < -0.4 is 5.32 Å². The highest BCUT2D eigenvalue weighted by molar-refractivity contribution is 5.74. The molecule has 0 saturated carbocycles. The lowest BCUT2D eigenvalue weighted by Gasteiger charge is -2.38. The first-order valence-corrected chi connectivity index (χ1v) is 8.98. The summed E-state index contributed by atoms with van der Waals surface area (Å²) in [7, 11) is 3.87. The molecule has 134 valence electrons. The van der Waals surface area contributed by atoms with Crippen molar-refractivity contribution >= 4 is 6.03 Å². The molecule has 0 unspecified atom stereocenters. The lowest BCUT2D eigenvalue weighted by atomic mass is 9.96. The number of methoxy groups -OCH3 is 1. The van der Waals surface area contributed by atoms with E-state index in [-0.39, 0.29) is 18.2 Å². The monoisotopic (exact) mass is 326 g/mol. The average Bonchev–Trinajstić information content (AvgIpc) is 2.56. The van der Waals surface area contributed by atoms with Crippen molar-refractivity contribution in [3.05, 3.63) is 0 Å². The van der Waals surface area contributed by atoms with Crippen molar-refractivity contribution in [2.75, 3.05) is 60.0 Å². The first-order chi connectivity index (χ1) is 11.0. The Morgan fingerprint density at radius 1 is 1.13 bits per heavy atom. The Labute approximate surface area is 141 Å². The molecule has 2 aliphatic rings. The summed E-state index contributed by atoms with van der Waals surface area (Å²) in [6, 6.07) is 0.0926. The largest absolute Gasteiger partial charge is 0.380 e. The maximum absolute atomic E-state index is 12.3. The van der Waals surface area contributed by atoms with E-state index < -0.39 is 0 Å². The predicted molar refractivity (Wildman–Crippen MR) is 92.7 cm³/mol. The number of hydrogen-bond donors (Lipinski definition) is 1. The highest BCUT2D eigenvalue weighted by Crippen LogP contribution is 2.19. The standard InChI is InChI=1S/C17H34N4O2/c1-14(15(2)23-4)18-17(22)21-7-5-16(6-8-21)13-20-11-9-19(3)10-12-20/h14-16H,5-13H2,1-4H3,(H,18,22)/t14-,15+/m0/s1. The van der Waals surface area contributed by atoms with Crippen molar-refractivity contribution in [2.24, 2.45) is 5.92 Å². The summed E-state index contributed by atoms with van der Waals surface area (Å²) in [6.45, 7) is 11.6. The van der Waals surface area contributed by atoms with Gasteiger partial charge in [0.05, 0.1) is 12.1 Å². The Balaban J connectivity index is 1.68. The van der Waals surface area contributed by atoms with Gasteiger partial charge in [0, 0.05) is 52.9 Å². The molecule has 0 aromatic carbocycles. The Morgan fingerprint density at radius 2 is 1.74 bits per heavy atom. The number of amides is 2. The quantitative estimate of drug-likeness (QED) is 0.821. The summed E-state index contributed by atoms with van der Waals surface area (Å²) in [5.41, 5.74) is 0. The zero-order chi connectivity index (χ0) is 16.8. The molecule has 2 amide bonds. The number of nitrogens with zero attached hydrogens (tertiary/aromatic N) is 3. The predicted octanol–water partition coefficient (Wildman–Crippen LogP) is 1.08. The molecule has 0 radical (unpaired) electrons. The topological polar surface area (TPSA) is 48.1 Å². The summed E-state index contributed by atoms with van der Waals surface area (Å²) in [5, 5.41) is 3.05. The van der Waals surface area contributed by atoms with Crippen molar-refractivity contribution in [1.29, 1.82) is 0 Å². The van der Waals surface area contributed by atoms with E-state index in [1.807, 2.05) is 18.7 Å². The van der Waals surface area contributed by atoms with E-state index in [9.17, 15) is 4.79 Å². The van der Waals surface area contributed by atoms with Crippen LogP contribution in [0, 0.1) is 5.92 Å². The molecular weight excluding hydrogens is 292 g/mol. The summed E-state index contributed by atoms with van der Waals surface area (Å²) >= 11 is 0. The third kappa shape index (κ3) is 5.62. The molecule has 2 saturated heterocycles. The number of ether oxygens (including phenoxy) is 1. The molecule has 0 spiro atoms. The Hall–Kier alpha value is -0.850. The van der Waals surface area contributed by atoms with Gasteiger partial charge < -0.3 is 24.8 Å². The summed E-state index contributed by atoms with van der Waals surface area (Å²) in [6.07, 6.45) is 2.27. The van der Waals surface area contributed by atoms with E-state index in [0.29, 0.717) is 0 Å². The molecule has 6 heteroatoms. The molecule has 2 fully saturated rings. The van der Waals surface area contributed by atoms with E-state index in [1.54, 1.807) is 7.11 Å². The van der Waals surface area contributed by atoms with Gasteiger partial charge in [-0.15, -0.1) is 0 Å². The second kappa shape index (κ2) is 8.85. The highest BCUT2D eigenvalue weighted by Gasteiger charge is 2.26. The van der Waals surface area contributed by atoms with Crippen LogP contribution >= 0.6 is 0 Å². The molecule has 0 bridgehead atoms. The minimum absolute atomic E-state index is 0.0359. The van der Waals surface area contributed by atoms with Gasteiger partial charge in [0.2, 0.25) is 0 Å². The minimum atomic E-state index is 0.0359. The van der Waals surface area contributed by atoms with Gasteiger partial charge in [-0.1, -0.05) is 0 Å². The number of hydrogen-bond acceptors (Lipinski definition) is 4. The van der Waals surface area contributed by atoms with Crippen molar-refractivity contribution in [2.45, 2.75) is 38.8 Å². The second-order valence-electron chi connectivity index (χ2n) is 7.21. The number of likely N-dealkylation sites (tertiary alicyclic amines) is 1. The van der Waals surface area contributed by atoms with Crippen LogP contribution in [0.25, 0.3) is 0 Å². The van der Waals surface area contributed by atoms with Crippen LogP contribution in [0.1, 0.15) is 26.7 Å². The summed E-state index contributed by atoms with van der Waals surface area (Å²) in [4.78, 5) is 19.2. The van der Waals surface area contributed by atoms with Crippen LogP contribution in [0.4, 0.5) is 4.79 Å². The fraction of sp³-hybridized carbons (Fsp3) is 0.941. The SMILES string of the molecule is CO[C@H](C)[C@H](C)NC(=O)N1CCC(CN2CCN(C)CC2)CC1. The van der Waals surface area contributed by atoms with E-state index in [4.69, 9.17) is 4.74 Å². The Kier molecular flexibility index (Phi) is 7.11. The number of rotatable bonds is 5. The summed E-state index contributed by atoms with van der Waals surface area (Å²) < 4.78 is 5.27. The van der Waals surface area contributed by atoms with Gasteiger partial charge in [-0.2, -0.15) is 0 Å². The van der Waals surface area contributed by atoms with Gasteiger partial charge in [0.1, 0.15) is 0 Å². The third-order valence-corrected chi connectivity index (χ3v) is 5.44. The first-order valence-electron chi connectivity index (χ1n) is 8.98. The minimum Gasteiger partial charge on any atom is -0.380 e. The molecule has 2 atom stereocenters. The van der Waals surface area contributed by atoms with Gasteiger partial charge in [-0.05, 0) is 39.7 Å². The summed E-state index contributed by atoms with van der Waals surface area (Å²) in [5.74, 6) is 0.734. The molecule has 2 rings (SSSR count). The normalized spacial score (nSPS) is 24.4. The van der Waals surface area contributed by atoms with Gasteiger partial charge in [0.15, 0.2) is 0 Å². The van der Waals surface area contributed by atoms with Gasteiger partial charge in [-0.25, -0.2) is 4.79 Å². The van der Waals surface area contributed by atoms with E-state index in [2.05, 4.69) is 22.2 Å². The maximum atomic E-state index is 12.3. The van der Waals surface area contributed by atoms with Crippen molar-refractivity contribution in [1.82, 2.24) is 20.0 Å². The number of nitrogens with one attached hydrogen (secondary N) is 1. The van der Waals surface area contributed by atoms with Crippen LogP contribution in [-0.2, 0) is 4.74 Å². The number of urea groups is 1. The second-order valence-corrected chi connectivity index (χ2v) is 7.21. The fourth-order valence-electron chi connectivity index (χ4n) is 3.32. The molecule has 0 aliphatic carbocycles. The van der Waals surface area contributed by atoms with Crippen molar-refractivity contribution in [3.8, 4) is 0 Å².